The summed E-state index contributed by atoms with van der Waals surface area (Å²) in [6, 6.07) is 5.09. The van der Waals surface area contributed by atoms with E-state index in [2.05, 4.69) is 4.98 Å². The molecule has 2 aromatic rings. The first kappa shape index (κ1) is 17.0. The van der Waals surface area contributed by atoms with Crippen molar-refractivity contribution in [2.45, 2.75) is 40.2 Å². The fraction of sp³-hybridized carbons (Fsp3) is 0.471. The fourth-order valence-electron chi connectivity index (χ4n) is 2.76. The van der Waals surface area contributed by atoms with Crippen molar-refractivity contribution in [1.82, 2.24) is 14.5 Å². The van der Waals surface area contributed by atoms with Crippen molar-refractivity contribution in [3.05, 3.63) is 44.5 Å². The number of rotatable bonds is 6. The first-order chi connectivity index (χ1) is 11.0. The van der Waals surface area contributed by atoms with Gasteiger partial charge in [-0.2, -0.15) is 0 Å². The molecule has 6 nitrogen and oxygen atoms in total. The third kappa shape index (κ3) is 3.36. The topological polar surface area (TPSA) is 75.2 Å². The molecule has 0 radical (unpaired) electrons. The Morgan fingerprint density at radius 2 is 1.78 bits per heavy atom. The zero-order chi connectivity index (χ0) is 17.0. The molecule has 0 unspecified atom stereocenters. The van der Waals surface area contributed by atoms with Crippen molar-refractivity contribution >= 4 is 16.9 Å². The lowest BCUT2D eigenvalue weighted by Crippen LogP contribution is -2.36. The van der Waals surface area contributed by atoms with Crippen LogP contribution in [-0.4, -0.2) is 33.4 Å². The summed E-state index contributed by atoms with van der Waals surface area (Å²) in [7, 11) is 0. The van der Waals surface area contributed by atoms with E-state index in [1.165, 1.54) is 4.57 Å². The molecule has 1 N–H and O–H groups in total. The molecule has 6 heteroatoms. The van der Waals surface area contributed by atoms with Gasteiger partial charge in [0.1, 0.15) is 0 Å². The second kappa shape index (κ2) is 7.26. The van der Waals surface area contributed by atoms with Gasteiger partial charge < -0.3 is 14.5 Å². The van der Waals surface area contributed by atoms with Crippen LogP contribution in [-0.2, 0) is 6.54 Å². The van der Waals surface area contributed by atoms with Gasteiger partial charge in [0.25, 0.3) is 5.91 Å². The number of aromatic amines is 1. The molecule has 0 bridgehead atoms. The predicted octanol–water partition coefficient (Wildman–Crippen LogP) is 1.97. The average molecular weight is 317 g/mol. The van der Waals surface area contributed by atoms with Gasteiger partial charge >= 0.3 is 11.1 Å². The van der Waals surface area contributed by atoms with E-state index >= 15 is 0 Å². The second-order valence-corrected chi connectivity index (χ2v) is 5.53. The van der Waals surface area contributed by atoms with E-state index in [9.17, 15) is 14.4 Å². The van der Waals surface area contributed by atoms with Crippen molar-refractivity contribution in [2.24, 2.45) is 0 Å². The summed E-state index contributed by atoms with van der Waals surface area (Å²) in [5.41, 5.74) is 0.429. The summed E-state index contributed by atoms with van der Waals surface area (Å²) < 4.78 is 1.41. The monoisotopic (exact) mass is 317 g/mol. The average Bonchev–Trinajstić information content (AvgIpc) is 2.55. The molecule has 1 aromatic carbocycles. The number of fused-ring (bicyclic) bond motifs is 1. The SMILES string of the molecule is CCCN(CCC)C(=O)c1ccc2c(c1)[nH]c(=O)c(=O)n2CC. The van der Waals surface area contributed by atoms with Gasteiger partial charge in [-0.15, -0.1) is 0 Å². The zero-order valence-corrected chi connectivity index (χ0v) is 13.9. The molecule has 1 heterocycles. The lowest BCUT2D eigenvalue weighted by Gasteiger charge is -2.21. The summed E-state index contributed by atoms with van der Waals surface area (Å²) in [6.45, 7) is 7.70. The minimum absolute atomic E-state index is 0.0503. The standard InChI is InChI=1S/C17H23N3O3/c1-4-9-19(10-5-2)16(22)12-7-8-14-13(11-12)18-15(21)17(23)20(14)6-3/h7-8,11H,4-6,9-10H2,1-3H3,(H,18,21). The molecule has 0 aliphatic heterocycles. The Bertz CT molecular complexity index is 814. The normalized spacial score (nSPS) is 10.9. The van der Waals surface area contributed by atoms with Gasteiger partial charge in [-0.25, -0.2) is 0 Å². The molecule has 0 spiro atoms. The van der Waals surface area contributed by atoms with Crippen molar-refractivity contribution in [3.63, 3.8) is 0 Å². The van der Waals surface area contributed by atoms with E-state index in [1.807, 2.05) is 25.7 Å². The third-order valence-electron chi connectivity index (χ3n) is 3.81. The summed E-state index contributed by atoms with van der Waals surface area (Å²) in [6.07, 6.45) is 1.79. The lowest BCUT2D eigenvalue weighted by atomic mass is 10.1. The Hall–Kier alpha value is -2.37. The molecule has 2 rings (SSSR count). The van der Waals surface area contributed by atoms with E-state index in [1.54, 1.807) is 18.2 Å². The number of nitrogens with zero attached hydrogens (tertiary/aromatic N) is 2. The highest BCUT2D eigenvalue weighted by Gasteiger charge is 2.16. The minimum atomic E-state index is -0.664. The number of aryl methyl sites for hydroxylation is 1. The number of hydrogen-bond donors (Lipinski definition) is 1. The van der Waals surface area contributed by atoms with Crippen molar-refractivity contribution in [3.8, 4) is 0 Å². The number of H-pyrrole nitrogens is 1. The molecule has 0 fully saturated rings. The van der Waals surface area contributed by atoms with Gasteiger partial charge in [0.2, 0.25) is 0 Å². The van der Waals surface area contributed by atoms with Crippen LogP contribution in [0.3, 0.4) is 0 Å². The number of hydrogen-bond acceptors (Lipinski definition) is 3. The van der Waals surface area contributed by atoms with Gasteiger partial charge in [0.05, 0.1) is 11.0 Å². The largest absolute Gasteiger partial charge is 0.339 e. The molecular formula is C17H23N3O3. The number of nitrogens with one attached hydrogen (secondary N) is 1. The molecule has 0 saturated carbocycles. The van der Waals surface area contributed by atoms with Crippen LogP contribution in [0, 0.1) is 0 Å². The summed E-state index contributed by atoms with van der Waals surface area (Å²) >= 11 is 0. The Labute approximate surface area is 134 Å². The molecule has 23 heavy (non-hydrogen) atoms. The molecule has 0 atom stereocenters. The highest BCUT2D eigenvalue weighted by molar-refractivity contribution is 5.97. The summed E-state index contributed by atoms with van der Waals surface area (Å²) in [4.78, 5) is 40.6. The first-order valence-electron chi connectivity index (χ1n) is 8.09. The van der Waals surface area contributed by atoms with Gasteiger partial charge in [0.15, 0.2) is 0 Å². The Morgan fingerprint density at radius 3 is 2.35 bits per heavy atom. The molecule has 0 aliphatic rings. The number of carbonyl (C=O) groups is 1. The molecular weight excluding hydrogens is 294 g/mol. The number of aromatic nitrogens is 2. The van der Waals surface area contributed by atoms with E-state index in [-0.39, 0.29) is 5.91 Å². The van der Waals surface area contributed by atoms with E-state index in [0.717, 1.165) is 12.8 Å². The summed E-state index contributed by atoms with van der Waals surface area (Å²) in [5, 5.41) is 0. The maximum Gasteiger partial charge on any atom is 0.316 e. The number of amides is 1. The van der Waals surface area contributed by atoms with Crippen molar-refractivity contribution in [2.75, 3.05) is 13.1 Å². The lowest BCUT2D eigenvalue weighted by molar-refractivity contribution is 0.0755. The van der Waals surface area contributed by atoms with Gasteiger partial charge in [0, 0.05) is 25.2 Å². The van der Waals surface area contributed by atoms with Crippen molar-refractivity contribution in [1.29, 1.82) is 0 Å². The van der Waals surface area contributed by atoms with Gasteiger partial charge in [-0.3, -0.25) is 14.4 Å². The van der Waals surface area contributed by atoms with E-state index < -0.39 is 11.1 Å². The van der Waals surface area contributed by atoms with Crippen LogP contribution in [0.25, 0.3) is 11.0 Å². The zero-order valence-electron chi connectivity index (χ0n) is 13.9. The molecule has 1 aromatic heterocycles. The van der Waals surface area contributed by atoms with Crippen LogP contribution < -0.4 is 11.1 Å². The van der Waals surface area contributed by atoms with Crippen LogP contribution in [0.1, 0.15) is 44.0 Å². The minimum Gasteiger partial charge on any atom is -0.339 e. The smallest absolute Gasteiger partial charge is 0.316 e. The Balaban J connectivity index is 2.52. The fourth-order valence-corrected chi connectivity index (χ4v) is 2.76. The van der Waals surface area contributed by atoms with Crippen LogP contribution in [0.15, 0.2) is 27.8 Å². The number of benzene rings is 1. The van der Waals surface area contributed by atoms with Crippen LogP contribution in [0.4, 0.5) is 0 Å². The van der Waals surface area contributed by atoms with E-state index in [4.69, 9.17) is 0 Å². The van der Waals surface area contributed by atoms with Crippen LogP contribution in [0.5, 0.6) is 0 Å². The second-order valence-electron chi connectivity index (χ2n) is 5.53. The molecule has 0 saturated heterocycles. The quantitative estimate of drug-likeness (QED) is 0.828. The molecule has 1 amide bonds. The van der Waals surface area contributed by atoms with Crippen LogP contribution >= 0.6 is 0 Å². The van der Waals surface area contributed by atoms with Gasteiger partial charge in [-0.1, -0.05) is 13.8 Å². The molecule has 0 aliphatic carbocycles. The Kier molecular flexibility index (Phi) is 5.36. The Morgan fingerprint density at radius 1 is 1.13 bits per heavy atom. The number of carbonyl (C=O) groups excluding carboxylic acids is 1. The maximum atomic E-state index is 12.6. The maximum absolute atomic E-state index is 12.6. The van der Waals surface area contributed by atoms with Crippen LogP contribution in [0.2, 0.25) is 0 Å². The first-order valence-corrected chi connectivity index (χ1v) is 8.09. The third-order valence-corrected chi connectivity index (χ3v) is 3.81. The highest BCUT2D eigenvalue weighted by atomic mass is 16.2. The van der Waals surface area contributed by atoms with Gasteiger partial charge in [-0.05, 0) is 38.0 Å². The molecule has 124 valence electrons. The van der Waals surface area contributed by atoms with Crippen molar-refractivity contribution < 1.29 is 4.79 Å². The highest BCUT2D eigenvalue weighted by Crippen LogP contribution is 2.14. The van der Waals surface area contributed by atoms with E-state index in [0.29, 0.717) is 36.2 Å². The summed E-state index contributed by atoms with van der Waals surface area (Å²) in [5.74, 6) is -0.0503. The predicted molar refractivity (Wildman–Crippen MR) is 91.0 cm³/mol.